The molecule has 0 aliphatic rings. The van der Waals surface area contributed by atoms with Gasteiger partial charge in [0.05, 0.1) is 5.52 Å². The molecule has 0 saturated carbocycles. The van der Waals surface area contributed by atoms with Gasteiger partial charge in [-0.3, -0.25) is 0 Å². The molecule has 0 amide bonds. The molecule has 0 fully saturated rings. The summed E-state index contributed by atoms with van der Waals surface area (Å²) in [6.45, 7) is 1.83. The van der Waals surface area contributed by atoms with E-state index in [9.17, 15) is 0 Å². The Labute approximate surface area is 140 Å². The third-order valence-electron chi connectivity index (χ3n) is 4.05. The van der Waals surface area contributed by atoms with Gasteiger partial charge in [-0.15, -0.1) is 5.10 Å². The van der Waals surface area contributed by atoms with Crippen LogP contribution in [0.5, 0.6) is 0 Å². The van der Waals surface area contributed by atoms with E-state index in [2.05, 4.69) is 25.6 Å². The summed E-state index contributed by atoms with van der Waals surface area (Å²) in [7, 11) is 1.83. The highest BCUT2D eigenvalue weighted by molar-refractivity contribution is 5.94. The predicted octanol–water partition coefficient (Wildman–Crippen LogP) is 2.04. The zero-order valence-electron chi connectivity index (χ0n) is 13.5. The van der Waals surface area contributed by atoms with E-state index in [0.29, 0.717) is 34.3 Å². The maximum Gasteiger partial charge on any atom is 0.186 e. The van der Waals surface area contributed by atoms with Crippen LogP contribution in [0.4, 0.5) is 0 Å². The Balaban J connectivity index is 1.91. The Hall–Kier alpha value is -3.62. The van der Waals surface area contributed by atoms with Crippen molar-refractivity contribution in [2.45, 2.75) is 6.92 Å². The Morgan fingerprint density at radius 2 is 2.00 bits per heavy atom. The number of rotatable bonds is 2. The highest BCUT2D eigenvalue weighted by Gasteiger charge is 2.20. The monoisotopic (exact) mass is 332 g/mol. The van der Waals surface area contributed by atoms with E-state index in [0.717, 1.165) is 10.9 Å². The zero-order chi connectivity index (χ0) is 17.0. The highest BCUT2D eigenvalue weighted by Crippen LogP contribution is 2.29. The molecule has 0 bridgehead atoms. The van der Waals surface area contributed by atoms with Gasteiger partial charge in [0.2, 0.25) is 0 Å². The molecule has 4 heterocycles. The number of nitrogens with zero attached hydrogens (tertiary/aromatic N) is 8. The summed E-state index contributed by atoms with van der Waals surface area (Å²) < 4.78 is 8.56. The van der Waals surface area contributed by atoms with Gasteiger partial charge in [0.25, 0.3) is 0 Å². The fraction of sp³-hybridized carbons (Fsp3) is 0.125. The lowest BCUT2D eigenvalue weighted by molar-refractivity contribution is 0.399. The van der Waals surface area contributed by atoms with Crippen molar-refractivity contribution in [3.05, 3.63) is 42.4 Å². The molecule has 0 aliphatic carbocycles. The van der Waals surface area contributed by atoms with E-state index in [1.54, 1.807) is 9.20 Å². The lowest BCUT2D eigenvalue weighted by Gasteiger charge is -2.07. The van der Waals surface area contributed by atoms with Crippen LogP contribution in [0.1, 0.15) is 5.76 Å². The summed E-state index contributed by atoms with van der Waals surface area (Å²) in [4.78, 5) is 9.12. The fourth-order valence-corrected chi connectivity index (χ4v) is 2.89. The maximum atomic E-state index is 5.17. The molecule has 9 nitrogen and oxygen atoms in total. The molecule has 4 aromatic heterocycles. The van der Waals surface area contributed by atoms with Gasteiger partial charge in [-0.2, -0.15) is 9.61 Å². The smallest absolute Gasteiger partial charge is 0.186 e. The van der Waals surface area contributed by atoms with E-state index >= 15 is 0 Å². The van der Waals surface area contributed by atoms with Crippen LogP contribution in [0, 0.1) is 6.92 Å². The predicted molar refractivity (Wildman–Crippen MR) is 88.5 cm³/mol. The third-order valence-corrected chi connectivity index (χ3v) is 4.05. The molecule has 0 unspecified atom stereocenters. The number of fused-ring (bicyclic) bond motifs is 3. The number of hydrogen-bond donors (Lipinski definition) is 0. The van der Waals surface area contributed by atoms with Crippen molar-refractivity contribution in [2.75, 3.05) is 0 Å². The molecule has 0 saturated heterocycles. The first-order chi connectivity index (χ1) is 12.2. The molecule has 5 rings (SSSR count). The first kappa shape index (κ1) is 13.8. The standard InChI is InChI=1S/C16H12N8O/c1-9-7-11(21-25-9)14-16-19-13(15-17-8-18-23(15)2)10-5-3-4-6-12(10)24(16)22-20-14/h3-8H,1-2H3. The van der Waals surface area contributed by atoms with Crippen LogP contribution in [-0.4, -0.2) is 39.7 Å². The molecule has 1 aromatic carbocycles. The Morgan fingerprint density at radius 1 is 1.12 bits per heavy atom. The number of aromatic nitrogens is 8. The average molecular weight is 332 g/mol. The molecule has 25 heavy (non-hydrogen) atoms. The summed E-state index contributed by atoms with van der Waals surface area (Å²) in [5.41, 5.74) is 3.34. The molecular weight excluding hydrogens is 320 g/mol. The zero-order valence-corrected chi connectivity index (χ0v) is 13.5. The molecule has 0 N–H and O–H groups in total. The van der Waals surface area contributed by atoms with Gasteiger partial charge in [-0.05, 0) is 13.0 Å². The quantitative estimate of drug-likeness (QED) is 0.487. The first-order valence-electron chi connectivity index (χ1n) is 7.64. The number of hydrogen-bond acceptors (Lipinski definition) is 7. The fourth-order valence-electron chi connectivity index (χ4n) is 2.89. The summed E-state index contributed by atoms with van der Waals surface area (Å²) in [5.74, 6) is 1.37. The van der Waals surface area contributed by atoms with Gasteiger partial charge >= 0.3 is 0 Å². The van der Waals surface area contributed by atoms with Crippen LogP contribution in [0.15, 0.2) is 41.2 Å². The molecule has 0 spiro atoms. The SMILES string of the molecule is Cc1cc(-c2nnn3c2nc(-c2ncnn2C)c2ccccc23)no1. The molecule has 0 atom stereocenters. The molecule has 0 radical (unpaired) electrons. The van der Waals surface area contributed by atoms with E-state index in [1.807, 2.05) is 44.3 Å². The summed E-state index contributed by atoms with van der Waals surface area (Å²) in [5, 5.41) is 17.6. The number of aryl methyl sites for hydroxylation is 2. The lowest BCUT2D eigenvalue weighted by Crippen LogP contribution is -2.01. The van der Waals surface area contributed by atoms with Crippen LogP contribution in [0.3, 0.4) is 0 Å². The maximum absolute atomic E-state index is 5.17. The van der Waals surface area contributed by atoms with Crippen molar-refractivity contribution in [3.63, 3.8) is 0 Å². The minimum Gasteiger partial charge on any atom is -0.361 e. The van der Waals surface area contributed by atoms with Crippen molar-refractivity contribution in [1.82, 2.24) is 39.7 Å². The van der Waals surface area contributed by atoms with Crippen molar-refractivity contribution >= 4 is 16.6 Å². The van der Waals surface area contributed by atoms with Crippen LogP contribution >= 0.6 is 0 Å². The van der Waals surface area contributed by atoms with Crippen molar-refractivity contribution in [3.8, 4) is 22.9 Å². The number of benzene rings is 1. The molecule has 0 aliphatic heterocycles. The van der Waals surface area contributed by atoms with Crippen LogP contribution in [-0.2, 0) is 7.05 Å². The first-order valence-corrected chi connectivity index (χ1v) is 7.64. The van der Waals surface area contributed by atoms with Crippen LogP contribution in [0.2, 0.25) is 0 Å². The number of para-hydroxylation sites is 1. The van der Waals surface area contributed by atoms with Crippen molar-refractivity contribution < 1.29 is 4.52 Å². The Morgan fingerprint density at radius 3 is 2.76 bits per heavy atom. The summed E-state index contributed by atoms with van der Waals surface area (Å²) >= 11 is 0. The largest absolute Gasteiger partial charge is 0.361 e. The van der Waals surface area contributed by atoms with Gasteiger partial charge in [0, 0.05) is 18.5 Å². The minimum atomic E-state index is 0.561. The molecule has 9 heteroatoms. The normalized spacial score (nSPS) is 11.6. The second-order valence-electron chi connectivity index (χ2n) is 5.68. The van der Waals surface area contributed by atoms with Gasteiger partial charge in [0.15, 0.2) is 17.2 Å². The van der Waals surface area contributed by atoms with Crippen molar-refractivity contribution in [1.29, 1.82) is 0 Å². The third kappa shape index (κ3) is 1.95. The van der Waals surface area contributed by atoms with Crippen LogP contribution < -0.4 is 0 Å². The Kier molecular flexibility index (Phi) is 2.72. The van der Waals surface area contributed by atoms with E-state index in [-0.39, 0.29) is 0 Å². The van der Waals surface area contributed by atoms with E-state index in [1.165, 1.54) is 6.33 Å². The van der Waals surface area contributed by atoms with Gasteiger partial charge < -0.3 is 4.52 Å². The Bertz CT molecular complexity index is 1230. The van der Waals surface area contributed by atoms with E-state index in [4.69, 9.17) is 9.51 Å². The highest BCUT2D eigenvalue weighted by atomic mass is 16.5. The van der Waals surface area contributed by atoms with Gasteiger partial charge in [0.1, 0.15) is 23.5 Å². The van der Waals surface area contributed by atoms with Gasteiger partial charge in [-0.1, -0.05) is 28.6 Å². The second-order valence-corrected chi connectivity index (χ2v) is 5.68. The molecule has 122 valence electrons. The lowest BCUT2D eigenvalue weighted by atomic mass is 10.1. The van der Waals surface area contributed by atoms with Crippen LogP contribution in [0.25, 0.3) is 39.5 Å². The van der Waals surface area contributed by atoms with Gasteiger partial charge in [-0.25, -0.2) is 14.6 Å². The second kappa shape index (κ2) is 4.94. The topological polar surface area (TPSA) is 99.8 Å². The van der Waals surface area contributed by atoms with E-state index < -0.39 is 0 Å². The van der Waals surface area contributed by atoms with Crippen molar-refractivity contribution in [2.24, 2.45) is 7.05 Å². The minimum absolute atomic E-state index is 0.561. The summed E-state index contributed by atoms with van der Waals surface area (Å²) in [6.07, 6.45) is 1.51. The summed E-state index contributed by atoms with van der Waals surface area (Å²) in [6, 6.07) is 9.66. The molecule has 5 aromatic rings. The molecular formula is C16H12N8O. The average Bonchev–Trinajstić information content (AvgIpc) is 3.33.